The van der Waals surface area contributed by atoms with E-state index in [1.54, 1.807) is 21.9 Å². The van der Waals surface area contributed by atoms with Crippen LogP contribution < -0.4 is 5.56 Å². The zero-order valence-electron chi connectivity index (χ0n) is 14.4. The number of amides is 2. The van der Waals surface area contributed by atoms with Gasteiger partial charge in [-0.2, -0.15) is 0 Å². The Morgan fingerprint density at radius 2 is 1.69 bits per heavy atom. The fourth-order valence-electron chi connectivity index (χ4n) is 2.84. The highest BCUT2D eigenvalue weighted by Gasteiger charge is 2.22. The Morgan fingerprint density at radius 3 is 2.27 bits per heavy atom. The summed E-state index contributed by atoms with van der Waals surface area (Å²) < 4.78 is 14.2. The maximum atomic E-state index is 13.0. The third kappa shape index (κ3) is 3.96. The van der Waals surface area contributed by atoms with Gasteiger partial charge in [0.15, 0.2) is 0 Å². The predicted octanol–water partition coefficient (Wildman–Crippen LogP) is 0.740. The van der Waals surface area contributed by atoms with Crippen molar-refractivity contribution in [3.63, 3.8) is 0 Å². The molecule has 1 aromatic carbocycles. The molecule has 0 atom stereocenters. The van der Waals surface area contributed by atoms with Crippen LogP contribution in [-0.4, -0.2) is 57.3 Å². The van der Waals surface area contributed by atoms with Gasteiger partial charge in [-0.1, -0.05) is 0 Å². The Labute approximate surface area is 149 Å². The number of piperazine rings is 1. The van der Waals surface area contributed by atoms with Crippen molar-refractivity contribution < 1.29 is 14.0 Å². The number of rotatable bonds is 3. The summed E-state index contributed by atoms with van der Waals surface area (Å²) >= 11 is 0. The lowest BCUT2D eigenvalue weighted by molar-refractivity contribution is -0.138. The topological polar surface area (TPSA) is 75.5 Å². The van der Waals surface area contributed by atoms with Crippen molar-refractivity contribution >= 4 is 11.8 Å². The molecule has 0 bridgehead atoms. The molecule has 8 heteroatoms. The van der Waals surface area contributed by atoms with Crippen molar-refractivity contribution in [3.8, 4) is 11.3 Å². The Hall–Kier alpha value is -3.03. The maximum Gasteiger partial charge on any atom is 0.254 e. The van der Waals surface area contributed by atoms with Gasteiger partial charge < -0.3 is 9.80 Å². The summed E-state index contributed by atoms with van der Waals surface area (Å²) in [5.41, 5.74) is 0.700. The van der Waals surface area contributed by atoms with E-state index in [0.29, 0.717) is 37.4 Å². The van der Waals surface area contributed by atoms with Gasteiger partial charge in [-0.15, -0.1) is 0 Å². The average Bonchev–Trinajstić information content (AvgIpc) is 2.64. The predicted molar refractivity (Wildman–Crippen MR) is 92.7 cm³/mol. The quantitative estimate of drug-likeness (QED) is 0.811. The van der Waals surface area contributed by atoms with Gasteiger partial charge in [-0.3, -0.25) is 19.0 Å². The molecule has 0 spiro atoms. The van der Waals surface area contributed by atoms with E-state index in [4.69, 9.17) is 0 Å². The first kappa shape index (κ1) is 17.8. The molecule has 0 radical (unpaired) electrons. The van der Waals surface area contributed by atoms with Crippen molar-refractivity contribution in [2.24, 2.45) is 0 Å². The van der Waals surface area contributed by atoms with E-state index < -0.39 is 0 Å². The summed E-state index contributed by atoms with van der Waals surface area (Å²) in [6.07, 6.45) is 1.32. The molecule has 0 saturated carbocycles. The van der Waals surface area contributed by atoms with Gasteiger partial charge in [0, 0.05) is 44.7 Å². The number of nitrogens with zero attached hydrogens (tertiary/aromatic N) is 4. The molecular weight excluding hydrogens is 339 g/mol. The van der Waals surface area contributed by atoms with E-state index in [-0.39, 0.29) is 29.7 Å². The van der Waals surface area contributed by atoms with Crippen LogP contribution in [0.3, 0.4) is 0 Å². The van der Waals surface area contributed by atoms with Crippen LogP contribution in [-0.2, 0) is 16.1 Å². The second kappa shape index (κ2) is 7.47. The number of halogens is 1. The minimum Gasteiger partial charge on any atom is -0.339 e. The highest BCUT2D eigenvalue weighted by Crippen LogP contribution is 2.15. The number of hydrogen-bond acceptors (Lipinski definition) is 4. The Bertz CT molecular complexity index is 871. The van der Waals surface area contributed by atoms with Crippen molar-refractivity contribution in [1.82, 2.24) is 19.4 Å². The van der Waals surface area contributed by atoms with Gasteiger partial charge in [0.25, 0.3) is 5.56 Å². The molecule has 136 valence electrons. The highest BCUT2D eigenvalue weighted by atomic mass is 19.1. The zero-order valence-corrected chi connectivity index (χ0v) is 14.4. The average molecular weight is 358 g/mol. The Morgan fingerprint density at radius 1 is 1.08 bits per heavy atom. The van der Waals surface area contributed by atoms with Crippen LogP contribution >= 0.6 is 0 Å². The molecule has 2 heterocycles. The molecule has 7 nitrogen and oxygen atoms in total. The van der Waals surface area contributed by atoms with E-state index in [1.165, 1.54) is 36.0 Å². The fraction of sp³-hybridized carbons (Fsp3) is 0.333. The van der Waals surface area contributed by atoms with E-state index in [2.05, 4.69) is 4.98 Å². The summed E-state index contributed by atoms with van der Waals surface area (Å²) in [4.78, 5) is 43.5. The molecule has 1 aromatic heterocycles. The molecule has 0 aliphatic carbocycles. The third-order valence-corrected chi connectivity index (χ3v) is 4.40. The maximum absolute atomic E-state index is 13.0. The van der Waals surface area contributed by atoms with Gasteiger partial charge in [-0.25, -0.2) is 9.37 Å². The smallest absolute Gasteiger partial charge is 0.254 e. The first-order valence-electron chi connectivity index (χ1n) is 8.30. The summed E-state index contributed by atoms with van der Waals surface area (Å²) in [6.45, 7) is 3.30. The number of aromatic nitrogens is 2. The first-order valence-corrected chi connectivity index (χ1v) is 8.30. The molecule has 2 amide bonds. The van der Waals surface area contributed by atoms with Crippen LogP contribution in [0.2, 0.25) is 0 Å². The summed E-state index contributed by atoms with van der Waals surface area (Å²) in [7, 11) is 0. The molecule has 0 N–H and O–H groups in total. The van der Waals surface area contributed by atoms with Crippen molar-refractivity contribution in [3.05, 3.63) is 52.8 Å². The normalized spacial score (nSPS) is 14.4. The van der Waals surface area contributed by atoms with Crippen LogP contribution in [0.4, 0.5) is 4.39 Å². The van der Waals surface area contributed by atoms with E-state index in [1.807, 2.05) is 0 Å². The minimum atomic E-state index is -0.363. The van der Waals surface area contributed by atoms with Crippen LogP contribution in [0.15, 0.2) is 41.5 Å². The van der Waals surface area contributed by atoms with Crippen LogP contribution in [0.5, 0.6) is 0 Å². The lowest BCUT2D eigenvalue weighted by Crippen LogP contribution is -2.51. The SMILES string of the molecule is CC(=O)N1CCN(C(=O)Cn2cnc(-c3ccc(F)cc3)cc2=O)CC1. The standard InChI is InChI=1S/C18H19FN4O3/c1-13(24)21-6-8-22(9-7-21)18(26)11-23-12-20-16(10-17(23)25)14-2-4-15(19)5-3-14/h2-5,10,12H,6-9,11H2,1H3. The van der Waals surface area contributed by atoms with Crippen molar-refractivity contribution in [2.45, 2.75) is 13.5 Å². The van der Waals surface area contributed by atoms with E-state index in [0.717, 1.165) is 0 Å². The highest BCUT2D eigenvalue weighted by molar-refractivity contribution is 5.77. The lowest BCUT2D eigenvalue weighted by atomic mass is 10.1. The Kier molecular flexibility index (Phi) is 5.11. The van der Waals surface area contributed by atoms with Crippen molar-refractivity contribution in [1.29, 1.82) is 0 Å². The molecule has 3 rings (SSSR count). The molecule has 2 aromatic rings. The van der Waals surface area contributed by atoms with Gasteiger partial charge >= 0.3 is 0 Å². The molecule has 26 heavy (non-hydrogen) atoms. The molecular formula is C18H19FN4O3. The van der Waals surface area contributed by atoms with Crippen LogP contribution in [0.1, 0.15) is 6.92 Å². The molecule has 0 unspecified atom stereocenters. The number of hydrogen-bond donors (Lipinski definition) is 0. The minimum absolute atomic E-state index is 0.00565. The van der Waals surface area contributed by atoms with E-state index >= 15 is 0 Å². The van der Waals surface area contributed by atoms with Gasteiger partial charge in [-0.05, 0) is 24.3 Å². The number of carbonyl (C=O) groups is 2. The van der Waals surface area contributed by atoms with Gasteiger partial charge in [0.2, 0.25) is 11.8 Å². The molecule has 1 saturated heterocycles. The van der Waals surface area contributed by atoms with E-state index in [9.17, 15) is 18.8 Å². The second-order valence-corrected chi connectivity index (χ2v) is 6.13. The number of benzene rings is 1. The second-order valence-electron chi connectivity index (χ2n) is 6.13. The molecule has 1 aliphatic rings. The van der Waals surface area contributed by atoms with Gasteiger partial charge in [0.05, 0.1) is 12.0 Å². The summed E-state index contributed by atoms with van der Waals surface area (Å²) in [5, 5.41) is 0. The van der Waals surface area contributed by atoms with Crippen molar-refractivity contribution in [2.75, 3.05) is 26.2 Å². The first-order chi connectivity index (χ1) is 12.4. The zero-order chi connectivity index (χ0) is 18.7. The molecule has 1 aliphatic heterocycles. The third-order valence-electron chi connectivity index (χ3n) is 4.40. The molecule has 1 fully saturated rings. The lowest BCUT2D eigenvalue weighted by Gasteiger charge is -2.34. The summed E-state index contributed by atoms with van der Waals surface area (Å²) in [5.74, 6) is -0.557. The largest absolute Gasteiger partial charge is 0.339 e. The van der Waals surface area contributed by atoms with Gasteiger partial charge in [0.1, 0.15) is 12.4 Å². The number of carbonyl (C=O) groups excluding carboxylic acids is 2. The van der Waals surface area contributed by atoms with Crippen LogP contribution in [0.25, 0.3) is 11.3 Å². The fourth-order valence-corrected chi connectivity index (χ4v) is 2.84. The summed E-state index contributed by atoms with van der Waals surface area (Å²) in [6, 6.07) is 7.01. The van der Waals surface area contributed by atoms with Crippen LogP contribution in [0, 0.1) is 5.82 Å². The monoisotopic (exact) mass is 358 g/mol. The Balaban J connectivity index is 1.67.